The molecule has 0 saturated heterocycles. The molecule has 0 unspecified atom stereocenters. The van der Waals surface area contributed by atoms with Gasteiger partial charge >= 0.3 is 12.1 Å². The lowest BCUT2D eigenvalue weighted by atomic mass is 10.1. The average molecular weight is 385 g/mol. The molecule has 1 N–H and O–H groups in total. The van der Waals surface area contributed by atoms with E-state index in [0.717, 1.165) is 43.5 Å². The van der Waals surface area contributed by atoms with Crippen molar-refractivity contribution in [2.75, 3.05) is 12.4 Å². The molecule has 4 nitrogen and oxygen atoms in total. The molecular formula is C18H12F5NO3. The van der Waals surface area contributed by atoms with Crippen LogP contribution < -0.4 is 5.32 Å². The normalized spacial score (nSPS) is 11.5. The fourth-order valence-corrected chi connectivity index (χ4v) is 2.04. The first-order chi connectivity index (χ1) is 12.6. The molecule has 2 aromatic rings. The SMILES string of the molecule is COC(=O)c1cc(NC(=O)/C=C/c2ccc(C(F)(F)F)cc2)c(F)cc1F. The standard InChI is InChI=1S/C18H12F5NO3/c1-27-17(26)12-8-15(14(20)9-13(12)19)24-16(25)7-4-10-2-5-11(6-3-10)18(21,22)23/h2-9H,1H3,(H,24,25)/b7-4+. The number of methoxy groups -OCH3 is 1. The number of amides is 1. The van der Waals surface area contributed by atoms with Gasteiger partial charge in [-0.3, -0.25) is 4.79 Å². The second-order valence-electron chi connectivity index (χ2n) is 5.25. The lowest BCUT2D eigenvalue weighted by Gasteiger charge is -2.08. The topological polar surface area (TPSA) is 55.4 Å². The lowest BCUT2D eigenvalue weighted by molar-refractivity contribution is -0.137. The largest absolute Gasteiger partial charge is 0.465 e. The Balaban J connectivity index is 2.13. The maximum Gasteiger partial charge on any atom is 0.416 e. The Labute approximate surface area is 150 Å². The van der Waals surface area contributed by atoms with Crippen molar-refractivity contribution in [3.63, 3.8) is 0 Å². The summed E-state index contributed by atoms with van der Waals surface area (Å²) in [6, 6.07) is 5.20. The number of rotatable bonds is 4. The molecule has 9 heteroatoms. The third kappa shape index (κ3) is 5.13. The number of benzene rings is 2. The molecule has 1 amide bonds. The van der Waals surface area contributed by atoms with Crippen molar-refractivity contribution in [1.29, 1.82) is 0 Å². The van der Waals surface area contributed by atoms with Crippen LogP contribution in [0.4, 0.5) is 27.6 Å². The summed E-state index contributed by atoms with van der Waals surface area (Å²) in [6.07, 6.45) is -2.32. The van der Waals surface area contributed by atoms with E-state index in [0.29, 0.717) is 11.6 Å². The summed E-state index contributed by atoms with van der Waals surface area (Å²) >= 11 is 0. The first-order valence-electron chi connectivity index (χ1n) is 7.35. The molecule has 0 aliphatic heterocycles. The minimum absolute atomic E-state index is 0.299. The summed E-state index contributed by atoms with van der Waals surface area (Å²) in [7, 11) is 1.01. The van der Waals surface area contributed by atoms with E-state index in [2.05, 4.69) is 10.1 Å². The van der Waals surface area contributed by atoms with E-state index >= 15 is 0 Å². The van der Waals surface area contributed by atoms with Crippen molar-refractivity contribution in [1.82, 2.24) is 0 Å². The highest BCUT2D eigenvalue weighted by molar-refractivity contribution is 6.02. The number of halogens is 5. The first-order valence-corrected chi connectivity index (χ1v) is 7.35. The van der Waals surface area contributed by atoms with E-state index < -0.39 is 46.5 Å². The Morgan fingerprint density at radius 3 is 2.22 bits per heavy atom. The maximum absolute atomic E-state index is 13.7. The van der Waals surface area contributed by atoms with Crippen molar-refractivity contribution >= 4 is 23.6 Å². The summed E-state index contributed by atoms with van der Waals surface area (Å²) in [4.78, 5) is 23.2. The molecule has 0 saturated carbocycles. The number of ether oxygens (including phenoxy) is 1. The molecule has 0 radical (unpaired) electrons. The maximum atomic E-state index is 13.7. The van der Waals surface area contributed by atoms with Gasteiger partial charge in [0.2, 0.25) is 5.91 Å². The van der Waals surface area contributed by atoms with Crippen molar-refractivity contribution < 1.29 is 36.3 Å². The smallest absolute Gasteiger partial charge is 0.416 e. The number of alkyl halides is 3. The van der Waals surface area contributed by atoms with E-state index in [4.69, 9.17) is 0 Å². The van der Waals surface area contributed by atoms with E-state index in [1.54, 1.807) is 0 Å². The Morgan fingerprint density at radius 2 is 1.67 bits per heavy atom. The minimum atomic E-state index is -4.48. The van der Waals surface area contributed by atoms with Crippen LogP contribution in [0.2, 0.25) is 0 Å². The van der Waals surface area contributed by atoms with Gasteiger partial charge in [-0.1, -0.05) is 12.1 Å². The number of anilines is 1. The van der Waals surface area contributed by atoms with Crippen LogP contribution in [0.3, 0.4) is 0 Å². The molecule has 142 valence electrons. The molecule has 0 aliphatic rings. The zero-order chi connectivity index (χ0) is 20.2. The Bertz CT molecular complexity index is 889. The van der Waals surface area contributed by atoms with Gasteiger partial charge in [-0.05, 0) is 29.8 Å². The van der Waals surface area contributed by atoms with Gasteiger partial charge in [-0.2, -0.15) is 13.2 Å². The summed E-state index contributed by atoms with van der Waals surface area (Å²) in [5, 5.41) is 2.11. The molecule has 0 spiro atoms. The van der Waals surface area contributed by atoms with Gasteiger partial charge in [-0.25, -0.2) is 13.6 Å². The quantitative estimate of drug-likeness (QED) is 0.482. The summed E-state index contributed by atoms with van der Waals surface area (Å²) in [5.41, 5.74) is -1.57. The Kier molecular flexibility index (Phi) is 5.94. The van der Waals surface area contributed by atoms with Crippen LogP contribution >= 0.6 is 0 Å². The van der Waals surface area contributed by atoms with Crippen LogP contribution in [-0.4, -0.2) is 19.0 Å². The van der Waals surface area contributed by atoms with Gasteiger partial charge in [0.15, 0.2) is 0 Å². The second kappa shape index (κ2) is 7.98. The zero-order valence-electron chi connectivity index (χ0n) is 13.7. The average Bonchev–Trinajstić information content (AvgIpc) is 2.61. The number of carbonyl (C=O) groups excluding carboxylic acids is 2. The van der Waals surface area contributed by atoms with E-state index in [-0.39, 0.29) is 0 Å². The molecule has 0 aliphatic carbocycles. The predicted octanol–water partition coefficient (Wildman–Crippen LogP) is 4.42. The lowest BCUT2D eigenvalue weighted by Crippen LogP contribution is -2.12. The molecule has 0 bridgehead atoms. The third-order valence-corrected chi connectivity index (χ3v) is 3.39. The van der Waals surface area contributed by atoms with Crippen LogP contribution in [0.25, 0.3) is 6.08 Å². The highest BCUT2D eigenvalue weighted by Crippen LogP contribution is 2.29. The van der Waals surface area contributed by atoms with Crippen molar-refractivity contribution in [3.05, 3.63) is 70.8 Å². The third-order valence-electron chi connectivity index (χ3n) is 3.39. The van der Waals surface area contributed by atoms with E-state index in [9.17, 15) is 31.5 Å². The van der Waals surface area contributed by atoms with Crippen molar-refractivity contribution in [3.8, 4) is 0 Å². The highest BCUT2D eigenvalue weighted by Gasteiger charge is 2.29. The molecule has 27 heavy (non-hydrogen) atoms. The molecule has 0 fully saturated rings. The first kappa shape index (κ1) is 20.1. The van der Waals surface area contributed by atoms with Gasteiger partial charge in [-0.15, -0.1) is 0 Å². The van der Waals surface area contributed by atoms with Crippen LogP contribution in [0, 0.1) is 11.6 Å². The number of hydrogen-bond donors (Lipinski definition) is 1. The van der Waals surface area contributed by atoms with Crippen LogP contribution in [0.15, 0.2) is 42.5 Å². The van der Waals surface area contributed by atoms with Gasteiger partial charge in [0.25, 0.3) is 0 Å². The Hall–Kier alpha value is -3.23. The molecular weight excluding hydrogens is 373 g/mol. The van der Waals surface area contributed by atoms with Gasteiger partial charge in [0.05, 0.1) is 23.9 Å². The molecule has 2 aromatic carbocycles. The highest BCUT2D eigenvalue weighted by atomic mass is 19.4. The number of esters is 1. The summed E-state index contributed by atoms with van der Waals surface area (Å²) < 4.78 is 69.1. The van der Waals surface area contributed by atoms with E-state index in [1.807, 2.05) is 0 Å². The van der Waals surface area contributed by atoms with Crippen LogP contribution in [0.5, 0.6) is 0 Å². The van der Waals surface area contributed by atoms with Crippen molar-refractivity contribution in [2.24, 2.45) is 0 Å². The molecule has 2 rings (SSSR count). The molecule has 0 aromatic heterocycles. The zero-order valence-corrected chi connectivity index (χ0v) is 13.7. The van der Waals surface area contributed by atoms with Crippen LogP contribution in [-0.2, 0) is 15.7 Å². The molecule has 0 atom stereocenters. The number of hydrogen-bond acceptors (Lipinski definition) is 3. The van der Waals surface area contributed by atoms with Gasteiger partial charge in [0, 0.05) is 12.1 Å². The fraction of sp³-hybridized carbons (Fsp3) is 0.111. The van der Waals surface area contributed by atoms with E-state index in [1.165, 1.54) is 6.08 Å². The fourth-order valence-electron chi connectivity index (χ4n) is 2.04. The monoisotopic (exact) mass is 385 g/mol. The summed E-state index contributed by atoms with van der Waals surface area (Å²) in [6.45, 7) is 0. The van der Waals surface area contributed by atoms with Crippen molar-refractivity contribution in [2.45, 2.75) is 6.18 Å². The van der Waals surface area contributed by atoms with Crippen LogP contribution in [0.1, 0.15) is 21.5 Å². The minimum Gasteiger partial charge on any atom is -0.465 e. The summed E-state index contributed by atoms with van der Waals surface area (Å²) in [5.74, 6) is -4.16. The number of carbonyl (C=O) groups is 2. The number of nitrogens with one attached hydrogen (secondary N) is 1. The predicted molar refractivity (Wildman–Crippen MR) is 86.8 cm³/mol. The van der Waals surface area contributed by atoms with Gasteiger partial charge in [0.1, 0.15) is 11.6 Å². The second-order valence-corrected chi connectivity index (χ2v) is 5.25. The Morgan fingerprint density at radius 1 is 1.04 bits per heavy atom. The van der Waals surface area contributed by atoms with Gasteiger partial charge < -0.3 is 10.1 Å². The molecule has 0 heterocycles.